The van der Waals surface area contributed by atoms with Gasteiger partial charge >= 0.3 is 6.03 Å². The zero-order valence-corrected chi connectivity index (χ0v) is 20.3. The van der Waals surface area contributed by atoms with Crippen LogP contribution in [0.25, 0.3) is 10.9 Å². The second-order valence-corrected chi connectivity index (χ2v) is 10.8. The molecule has 9 nitrogen and oxygen atoms in total. The number of hydrogen-bond acceptors (Lipinski definition) is 5. The molecule has 0 spiro atoms. The minimum absolute atomic E-state index is 0.00255. The van der Waals surface area contributed by atoms with E-state index in [-0.39, 0.29) is 43.0 Å². The first-order chi connectivity index (χ1) is 16.8. The van der Waals surface area contributed by atoms with Gasteiger partial charge in [0, 0.05) is 55.6 Å². The molecule has 0 bridgehead atoms. The number of aryl methyl sites for hydroxylation is 2. The molecule has 1 fully saturated rings. The predicted molar refractivity (Wildman–Crippen MR) is 134 cm³/mol. The molecule has 2 aliphatic heterocycles. The zero-order chi connectivity index (χ0) is 24.6. The number of piperazine rings is 1. The van der Waals surface area contributed by atoms with Crippen molar-refractivity contribution in [3.05, 3.63) is 59.8 Å². The van der Waals surface area contributed by atoms with Crippen molar-refractivity contribution in [3.63, 3.8) is 0 Å². The van der Waals surface area contributed by atoms with Crippen molar-refractivity contribution in [2.75, 3.05) is 36.8 Å². The molecule has 0 saturated carbocycles. The molecule has 10 heteroatoms. The number of para-hydroxylation sites is 1. The molecule has 1 aromatic heterocycles. The molecule has 5 rings (SSSR count). The predicted octanol–water partition coefficient (Wildman–Crippen LogP) is 3.36. The quantitative estimate of drug-likeness (QED) is 0.581. The Bertz CT molecular complexity index is 1410. The summed E-state index contributed by atoms with van der Waals surface area (Å²) in [5.74, 6) is 0.00255. The highest BCUT2D eigenvalue weighted by Gasteiger charge is 2.31. The number of amides is 3. The number of aromatic nitrogens is 1. The van der Waals surface area contributed by atoms with Gasteiger partial charge in [0.25, 0.3) is 0 Å². The molecule has 2 aromatic carbocycles. The van der Waals surface area contributed by atoms with Crippen LogP contribution in [0, 0.1) is 6.92 Å². The fraction of sp³-hybridized carbons (Fsp3) is 0.320. The van der Waals surface area contributed by atoms with Gasteiger partial charge in [-0.1, -0.05) is 12.1 Å². The number of hydrogen-bond donors (Lipinski definition) is 2. The van der Waals surface area contributed by atoms with Crippen molar-refractivity contribution >= 4 is 44.2 Å². The maximum atomic E-state index is 13.4. The van der Waals surface area contributed by atoms with Gasteiger partial charge < -0.3 is 15.5 Å². The highest BCUT2D eigenvalue weighted by Crippen LogP contribution is 2.27. The molecule has 0 unspecified atom stereocenters. The van der Waals surface area contributed by atoms with Crippen LogP contribution in [0.5, 0.6) is 0 Å². The van der Waals surface area contributed by atoms with Gasteiger partial charge in [0.1, 0.15) is 4.90 Å². The summed E-state index contributed by atoms with van der Waals surface area (Å²) < 4.78 is 28.2. The maximum Gasteiger partial charge on any atom is 0.321 e. The van der Waals surface area contributed by atoms with E-state index < -0.39 is 10.0 Å². The summed E-state index contributed by atoms with van der Waals surface area (Å²) in [7, 11) is -3.75. The van der Waals surface area contributed by atoms with Gasteiger partial charge in [-0.15, -0.1) is 0 Å². The maximum absolute atomic E-state index is 13.4. The molecule has 0 radical (unpaired) electrons. The van der Waals surface area contributed by atoms with Crippen LogP contribution < -0.4 is 10.6 Å². The average molecular weight is 494 g/mol. The van der Waals surface area contributed by atoms with Crippen molar-refractivity contribution in [2.45, 2.75) is 31.1 Å². The smallest absolute Gasteiger partial charge is 0.321 e. The molecule has 2 N–H and O–H groups in total. The third-order valence-electron chi connectivity index (χ3n) is 6.43. The Morgan fingerprint density at radius 1 is 1.06 bits per heavy atom. The lowest BCUT2D eigenvalue weighted by molar-refractivity contribution is -0.116. The van der Waals surface area contributed by atoms with Gasteiger partial charge in [-0.2, -0.15) is 4.31 Å². The molecule has 3 aromatic rings. The lowest BCUT2D eigenvalue weighted by atomic mass is 10.1. The largest absolute Gasteiger partial charge is 0.326 e. The third kappa shape index (κ3) is 4.71. The average Bonchev–Trinajstić information content (AvgIpc) is 3.03. The summed E-state index contributed by atoms with van der Waals surface area (Å²) in [4.78, 5) is 30.8. The van der Waals surface area contributed by atoms with E-state index in [1.54, 1.807) is 35.4 Å². The molecule has 0 atom stereocenters. The number of anilines is 2. The van der Waals surface area contributed by atoms with E-state index >= 15 is 0 Å². The number of rotatable bonds is 3. The van der Waals surface area contributed by atoms with Crippen LogP contribution in [-0.4, -0.2) is 60.7 Å². The molecule has 182 valence electrons. The van der Waals surface area contributed by atoms with E-state index in [1.165, 1.54) is 4.31 Å². The van der Waals surface area contributed by atoms with Crippen molar-refractivity contribution in [1.29, 1.82) is 0 Å². The highest BCUT2D eigenvalue weighted by molar-refractivity contribution is 7.89. The third-order valence-corrected chi connectivity index (χ3v) is 8.37. The number of sulfonamides is 1. The number of carbonyl (C=O) groups excluding carboxylic acids is 2. The fourth-order valence-corrected chi connectivity index (χ4v) is 6.16. The second-order valence-electron chi connectivity index (χ2n) is 8.94. The summed E-state index contributed by atoms with van der Waals surface area (Å²) >= 11 is 0. The van der Waals surface area contributed by atoms with Gasteiger partial charge in [0.15, 0.2) is 0 Å². The minimum Gasteiger partial charge on any atom is -0.326 e. The lowest BCUT2D eigenvalue weighted by Crippen LogP contribution is -2.51. The van der Waals surface area contributed by atoms with E-state index in [2.05, 4.69) is 15.6 Å². The number of nitrogens with one attached hydrogen (secondary N) is 2. The number of carbonyl (C=O) groups is 2. The molecule has 3 heterocycles. The van der Waals surface area contributed by atoms with Gasteiger partial charge in [0.2, 0.25) is 15.9 Å². The number of nitrogens with zero attached hydrogens (tertiary/aromatic N) is 3. The van der Waals surface area contributed by atoms with E-state index in [9.17, 15) is 18.0 Å². The first-order valence-electron chi connectivity index (χ1n) is 11.7. The first-order valence-corrected chi connectivity index (χ1v) is 13.1. The Balaban J connectivity index is 1.25. The standard InChI is InChI=1S/C25H27N5O4S/c1-17-14-19-5-2-6-22(24(19)26-16-17)35(33,34)30-12-10-29(11-13-30)25(32)27-20-8-9-21-18(15-20)4-3-7-23(31)28-21/h2,5-6,8-9,14-16H,3-4,7,10-13H2,1H3,(H,27,32)(H,28,31). The highest BCUT2D eigenvalue weighted by atomic mass is 32.2. The van der Waals surface area contributed by atoms with Crippen LogP contribution in [0.2, 0.25) is 0 Å². The monoisotopic (exact) mass is 493 g/mol. The Morgan fingerprint density at radius 3 is 2.66 bits per heavy atom. The Labute approximate surface area is 204 Å². The van der Waals surface area contributed by atoms with Crippen molar-refractivity contribution in [2.24, 2.45) is 0 Å². The van der Waals surface area contributed by atoms with Crippen LogP contribution in [-0.2, 0) is 21.2 Å². The van der Waals surface area contributed by atoms with E-state index in [0.29, 0.717) is 17.6 Å². The number of benzene rings is 2. The van der Waals surface area contributed by atoms with Crippen LogP contribution in [0.15, 0.2) is 53.6 Å². The number of urea groups is 1. The summed E-state index contributed by atoms with van der Waals surface area (Å²) in [5.41, 5.74) is 3.84. The second kappa shape index (κ2) is 9.27. The van der Waals surface area contributed by atoms with Crippen LogP contribution in [0.1, 0.15) is 24.0 Å². The molecular weight excluding hydrogens is 466 g/mol. The van der Waals surface area contributed by atoms with E-state index in [0.717, 1.165) is 35.0 Å². The van der Waals surface area contributed by atoms with E-state index in [4.69, 9.17) is 0 Å². The minimum atomic E-state index is -3.75. The van der Waals surface area contributed by atoms with Gasteiger partial charge in [-0.25, -0.2) is 13.2 Å². The van der Waals surface area contributed by atoms with Crippen molar-refractivity contribution in [3.8, 4) is 0 Å². The summed E-state index contributed by atoms with van der Waals surface area (Å²) in [6.07, 6.45) is 3.67. The van der Waals surface area contributed by atoms with Crippen molar-refractivity contribution < 1.29 is 18.0 Å². The Kier molecular flexibility index (Phi) is 6.16. The van der Waals surface area contributed by atoms with E-state index in [1.807, 2.05) is 25.1 Å². The number of pyridine rings is 1. The van der Waals surface area contributed by atoms with Crippen LogP contribution in [0.4, 0.5) is 16.2 Å². The molecule has 2 aliphatic rings. The molecule has 1 saturated heterocycles. The van der Waals surface area contributed by atoms with Crippen LogP contribution in [0.3, 0.4) is 0 Å². The van der Waals surface area contributed by atoms with Crippen molar-refractivity contribution in [1.82, 2.24) is 14.2 Å². The van der Waals surface area contributed by atoms with Crippen LogP contribution >= 0.6 is 0 Å². The summed E-state index contributed by atoms with van der Waals surface area (Å²) in [6.45, 7) is 2.89. The lowest BCUT2D eigenvalue weighted by Gasteiger charge is -2.34. The molecule has 3 amide bonds. The number of fused-ring (bicyclic) bond motifs is 2. The van der Waals surface area contributed by atoms with Gasteiger partial charge in [-0.05, 0) is 61.2 Å². The first kappa shape index (κ1) is 23.3. The van der Waals surface area contributed by atoms with Gasteiger partial charge in [-0.3, -0.25) is 9.78 Å². The van der Waals surface area contributed by atoms with Gasteiger partial charge in [0.05, 0.1) is 5.52 Å². The Hall–Kier alpha value is -3.50. The molecule has 35 heavy (non-hydrogen) atoms. The SMILES string of the molecule is Cc1cnc2c(S(=O)(=O)N3CCN(C(=O)Nc4ccc5c(c4)CCCC(=O)N5)CC3)cccc2c1. The molecular formula is C25H27N5O4S. The fourth-order valence-electron chi connectivity index (χ4n) is 4.58. The normalized spacial score (nSPS) is 16.9. The topological polar surface area (TPSA) is 112 Å². The molecule has 0 aliphatic carbocycles. The Morgan fingerprint density at radius 2 is 1.86 bits per heavy atom. The summed E-state index contributed by atoms with van der Waals surface area (Å²) in [6, 6.07) is 12.3. The summed E-state index contributed by atoms with van der Waals surface area (Å²) in [5, 5.41) is 6.57. The zero-order valence-electron chi connectivity index (χ0n) is 19.5.